The van der Waals surface area contributed by atoms with Crippen molar-refractivity contribution in [3.05, 3.63) is 71.3 Å². The first-order valence-corrected chi connectivity index (χ1v) is 8.36. The summed E-state index contributed by atoms with van der Waals surface area (Å²) in [5, 5.41) is 0. The molecule has 4 rings (SSSR count). The molecule has 0 spiro atoms. The number of carbonyl (C=O) groups excluding carboxylic acids is 1. The van der Waals surface area contributed by atoms with E-state index in [2.05, 4.69) is 29.2 Å². The van der Waals surface area contributed by atoms with Crippen molar-refractivity contribution in [3.63, 3.8) is 0 Å². The molecular formula is C19H18N2OS. The number of hydrogen-bond acceptors (Lipinski definition) is 2. The molecule has 1 saturated heterocycles. The molecule has 2 aliphatic rings. The molecule has 0 aliphatic carbocycles. The third-order valence-corrected chi connectivity index (χ3v) is 5.25. The molecule has 2 heterocycles. The lowest BCUT2D eigenvalue weighted by Crippen LogP contribution is -2.55. The first-order valence-electron chi connectivity index (χ1n) is 7.95. The SMILES string of the molecule is O=C1CN(C(=S)c2ccccc2)CC2c3ccccc3CCN12. The highest BCUT2D eigenvalue weighted by Crippen LogP contribution is 2.33. The number of nitrogens with zero attached hydrogens (tertiary/aromatic N) is 2. The maximum atomic E-state index is 12.6. The van der Waals surface area contributed by atoms with Gasteiger partial charge in [0.1, 0.15) is 4.99 Å². The van der Waals surface area contributed by atoms with Gasteiger partial charge < -0.3 is 9.80 Å². The molecule has 0 bridgehead atoms. The predicted molar refractivity (Wildman–Crippen MR) is 94.3 cm³/mol. The molecule has 2 aromatic rings. The molecule has 116 valence electrons. The molecule has 4 heteroatoms. The zero-order valence-corrected chi connectivity index (χ0v) is 13.6. The van der Waals surface area contributed by atoms with Crippen molar-refractivity contribution < 1.29 is 4.79 Å². The molecule has 0 saturated carbocycles. The van der Waals surface area contributed by atoms with Crippen molar-refractivity contribution in [2.45, 2.75) is 12.5 Å². The van der Waals surface area contributed by atoms with Crippen LogP contribution in [-0.2, 0) is 11.2 Å². The summed E-state index contributed by atoms with van der Waals surface area (Å²) in [5.41, 5.74) is 3.63. The Morgan fingerprint density at radius 1 is 1.04 bits per heavy atom. The third-order valence-electron chi connectivity index (χ3n) is 4.76. The Bertz CT molecular complexity index is 759. The number of fused-ring (bicyclic) bond motifs is 3. The van der Waals surface area contributed by atoms with Crippen LogP contribution < -0.4 is 0 Å². The molecule has 1 fully saturated rings. The van der Waals surface area contributed by atoms with Crippen LogP contribution in [0.15, 0.2) is 54.6 Å². The zero-order chi connectivity index (χ0) is 15.8. The fourth-order valence-electron chi connectivity index (χ4n) is 3.59. The summed E-state index contributed by atoms with van der Waals surface area (Å²) >= 11 is 5.64. The van der Waals surface area contributed by atoms with Crippen molar-refractivity contribution in [1.82, 2.24) is 9.80 Å². The first kappa shape index (κ1) is 14.4. The van der Waals surface area contributed by atoms with Gasteiger partial charge in [-0.15, -0.1) is 0 Å². The van der Waals surface area contributed by atoms with Crippen LogP contribution in [0.2, 0.25) is 0 Å². The molecular weight excluding hydrogens is 304 g/mol. The van der Waals surface area contributed by atoms with E-state index in [1.165, 1.54) is 11.1 Å². The smallest absolute Gasteiger partial charge is 0.242 e. The quantitative estimate of drug-likeness (QED) is 0.754. The Labute approximate surface area is 141 Å². The van der Waals surface area contributed by atoms with Gasteiger partial charge in [0.05, 0.1) is 12.6 Å². The maximum Gasteiger partial charge on any atom is 0.242 e. The van der Waals surface area contributed by atoms with Crippen molar-refractivity contribution in [3.8, 4) is 0 Å². The fourth-order valence-corrected chi connectivity index (χ4v) is 3.87. The molecule has 0 aromatic heterocycles. The van der Waals surface area contributed by atoms with Crippen LogP contribution in [0.4, 0.5) is 0 Å². The minimum atomic E-state index is 0.114. The lowest BCUT2D eigenvalue weighted by molar-refractivity contribution is -0.138. The Morgan fingerprint density at radius 3 is 2.61 bits per heavy atom. The molecule has 1 unspecified atom stereocenters. The number of benzene rings is 2. The van der Waals surface area contributed by atoms with Crippen LogP contribution >= 0.6 is 12.2 Å². The number of rotatable bonds is 1. The lowest BCUT2D eigenvalue weighted by atomic mass is 9.90. The highest BCUT2D eigenvalue weighted by atomic mass is 32.1. The highest BCUT2D eigenvalue weighted by molar-refractivity contribution is 7.80. The zero-order valence-electron chi connectivity index (χ0n) is 12.8. The van der Waals surface area contributed by atoms with E-state index in [4.69, 9.17) is 12.2 Å². The summed E-state index contributed by atoms with van der Waals surface area (Å²) in [6, 6.07) is 18.5. The molecule has 1 atom stereocenters. The number of thiocarbonyl (C=S) groups is 1. The van der Waals surface area contributed by atoms with Gasteiger partial charge in [0.25, 0.3) is 0 Å². The predicted octanol–water partition coefficient (Wildman–Crippen LogP) is 2.80. The van der Waals surface area contributed by atoms with Crippen LogP contribution in [0.1, 0.15) is 22.7 Å². The van der Waals surface area contributed by atoms with Crippen molar-refractivity contribution in [2.75, 3.05) is 19.6 Å². The van der Waals surface area contributed by atoms with Gasteiger partial charge in [-0.2, -0.15) is 0 Å². The Balaban J connectivity index is 1.65. The van der Waals surface area contributed by atoms with Gasteiger partial charge in [-0.05, 0) is 17.5 Å². The van der Waals surface area contributed by atoms with Crippen molar-refractivity contribution in [1.29, 1.82) is 0 Å². The molecule has 2 aromatic carbocycles. The van der Waals surface area contributed by atoms with Crippen molar-refractivity contribution >= 4 is 23.1 Å². The minimum Gasteiger partial charge on any atom is -0.351 e. The Kier molecular flexibility index (Phi) is 3.62. The summed E-state index contributed by atoms with van der Waals surface area (Å²) in [7, 11) is 0. The monoisotopic (exact) mass is 322 g/mol. The van der Waals surface area contributed by atoms with Gasteiger partial charge in [-0.25, -0.2) is 0 Å². The average Bonchev–Trinajstić information content (AvgIpc) is 2.61. The van der Waals surface area contributed by atoms with E-state index in [1.807, 2.05) is 35.2 Å². The summed E-state index contributed by atoms with van der Waals surface area (Å²) in [6.45, 7) is 1.97. The molecule has 1 amide bonds. The lowest BCUT2D eigenvalue weighted by Gasteiger charge is -2.45. The van der Waals surface area contributed by atoms with E-state index < -0.39 is 0 Å². The number of amides is 1. The molecule has 0 radical (unpaired) electrons. The summed E-state index contributed by atoms with van der Waals surface area (Å²) in [6.07, 6.45) is 0.946. The average molecular weight is 322 g/mol. The largest absolute Gasteiger partial charge is 0.351 e. The molecule has 2 aliphatic heterocycles. The van der Waals surface area contributed by atoms with Gasteiger partial charge in [-0.3, -0.25) is 4.79 Å². The summed E-state index contributed by atoms with van der Waals surface area (Å²) in [4.78, 5) is 17.4. The molecule has 23 heavy (non-hydrogen) atoms. The first-order chi connectivity index (χ1) is 11.2. The van der Waals surface area contributed by atoms with E-state index in [-0.39, 0.29) is 11.9 Å². The van der Waals surface area contributed by atoms with Gasteiger partial charge in [0.2, 0.25) is 5.91 Å². The van der Waals surface area contributed by atoms with Gasteiger partial charge in [0.15, 0.2) is 0 Å². The Morgan fingerprint density at radius 2 is 1.78 bits per heavy atom. The molecule has 0 N–H and O–H groups in total. The van der Waals surface area contributed by atoms with Crippen LogP contribution in [0, 0.1) is 0 Å². The fraction of sp³-hybridized carbons (Fsp3) is 0.263. The van der Waals surface area contributed by atoms with Crippen molar-refractivity contribution in [2.24, 2.45) is 0 Å². The highest BCUT2D eigenvalue weighted by Gasteiger charge is 2.37. The second-order valence-corrected chi connectivity index (χ2v) is 6.49. The van der Waals surface area contributed by atoms with Gasteiger partial charge >= 0.3 is 0 Å². The molecule has 3 nitrogen and oxygen atoms in total. The standard InChI is InChI=1S/C19H18N2OS/c22-18-13-20(19(23)15-7-2-1-3-8-15)12-17-16-9-5-4-6-14(16)10-11-21(17)18/h1-9,17H,10-13H2. The Hall–Kier alpha value is -2.20. The topological polar surface area (TPSA) is 23.6 Å². The van der Waals surface area contributed by atoms with Crippen LogP contribution in [0.3, 0.4) is 0 Å². The second kappa shape index (κ2) is 5.78. The summed E-state index contributed by atoms with van der Waals surface area (Å²) in [5.74, 6) is 0.175. The van der Waals surface area contributed by atoms with E-state index in [1.54, 1.807) is 0 Å². The van der Waals surface area contributed by atoms with E-state index in [0.29, 0.717) is 6.54 Å². The number of hydrogen-bond donors (Lipinski definition) is 0. The number of carbonyl (C=O) groups is 1. The maximum absolute atomic E-state index is 12.6. The van der Waals surface area contributed by atoms with Crippen LogP contribution in [0.5, 0.6) is 0 Å². The third kappa shape index (κ3) is 2.53. The van der Waals surface area contributed by atoms with Gasteiger partial charge in [0, 0.05) is 18.7 Å². The summed E-state index contributed by atoms with van der Waals surface area (Å²) < 4.78 is 0. The van der Waals surface area contributed by atoms with Crippen LogP contribution in [0.25, 0.3) is 0 Å². The number of piperazine rings is 1. The van der Waals surface area contributed by atoms with Crippen LogP contribution in [-0.4, -0.2) is 40.3 Å². The second-order valence-electron chi connectivity index (χ2n) is 6.10. The minimum absolute atomic E-state index is 0.114. The normalized spacial score (nSPS) is 20.0. The van der Waals surface area contributed by atoms with E-state index in [9.17, 15) is 4.79 Å². The van der Waals surface area contributed by atoms with E-state index in [0.717, 1.165) is 30.1 Å². The van der Waals surface area contributed by atoms with Gasteiger partial charge in [-0.1, -0.05) is 66.8 Å². The van der Waals surface area contributed by atoms with E-state index >= 15 is 0 Å².